The van der Waals surface area contributed by atoms with E-state index in [2.05, 4.69) is 5.16 Å². The summed E-state index contributed by atoms with van der Waals surface area (Å²) >= 11 is 0. The van der Waals surface area contributed by atoms with Gasteiger partial charge in [0.25, 0.3) is 0 Å². The van der Waals surface area contributed by atoms with Gasteiger partial charge in [-0.15, -0.1) is 0 Å². The highest BCUT2D eigenvalue weighted by molar-refractivity contribution is 6.52. The molecule has 0 saturated carbocycles. The largest absolute Gasteiger partial charge is 0.410 e. The van der Waals surface area contributed by atoms with E-state index in [1.165, 1.54) is 6.08 Å². The number of benzene rings is 1. The molecule has 0 aliphatic heterocycles. The first kappa shape index (κ1) is 7.73. The third kappa shape index (κ3) is 1.14. The molecule has 0 amide bonds. The van der Waals surface area contributed by atoms with Crippen molar-refractivity contribution in [3.8, 4) is 0 Å². The molecule has 1 aromatic rings. The molecule has 0 fully saturated rings. The number of allylic oxidation sites excluding steroid dienone is 1. The van der Waals surface area contributed by atoms with Gasteiger partial charge in [-0.3, -0.25) is 4.79 Å². The number of hydrogen-bond acceptors (Lipinski definition) is 3. The lowest BCUT2D eigenvalue weighted by Gasteiger charge is -2.08. The summed E-state index contributed by atoms with van der Waals surface area (Å²) < 4.78 is 0. The van der Waals surface area contributed by atoms with E-state index in [0.29, 0.717) is 5.56 Å². The van der Waals surface area contributed by atoms with Gasteiger partial charge < -0.3 is 5.21 Å². The van der Waals surface area contributed by atoms with Crippen LogP contribution < -0.4 is 0 Å². The first-order chi connectivity index (χ1) is 6.33. The van der Waals surface area contributed by atoms with Crippen LogP contribution >= 0.6 is 0 Å². The number of rotatable bonds is 0. The number of oxime groups is 1. The molecule has 13 heavy (non-hydrogen) atoms. The molecular formula is C10H7NO2. The normalized spacial score (nSPS) is 17.5. The number of carbonyl (C=O) groups excluding carboxylic acids is 1. The molecule has 3 nitrogen and oxygen atoms in total. The van der Waals surface area contributed by atoms with Crippen LogP contribution in [0.4, 0.5) is 0 Å². The Morgan fingerprint density at radius 3 is 2.69 bits per heavy atom. The fourth-order valence-corrected chi connectivity index (χ4v) is 1.31. The zero-order valence-corrected chi connectivity index (χ0v) is 6.77. The van der Waals surface area contributed by atoms with Crippen LogP contribution in [0, 0.1) is 0 Å². The van der Waals surface area contributed by atoms with Crippen LogP contribution in [0.2, 0.25) is 0 Å². The average Bonchev–Trinajstić information content (AvgIpc) is 2.19. The van der Waals surface area contributed by atoms with Gasteiger partial charge in [-0.1, -0.05) is 35.5 Å². The lowest BCUT2D eigenvalue weighted by molar-refractivity contribution is 0.106. The molecule has 0 heterocycles. The van der Waals surface area contributed by atoms with E-state index in [1.54, 1.807) is 18.2 Å². The maximum atomic E-state index is 11.5. The zero-order valence-electron chi connectivity index (χ0n) is 6.77. The molecule has 1 N–H and O–H groups in total. The standard InChI is InChI=1S/C10H7NO2/c12-10-8-4-2-1-3-7(8)5-6-9(10)11-13/h1-6,13H. The smallest absolute Gasteiger partial charge is 0.215 e. The maximum absolute atomic E-state index is 11.5. The average molecular weight is 173 g/mol. The van der Waals surface area contributed by atoms with E-state index in [0.717, 1.165) is 5.56 Å². The molecule has 1 aliphatic carbocycles. The Bertz CT molecular complexity index is 419. The lowest BCUT2D eigenvalue weighted by atomic mass is 9.95. The second kappa shape index (κ2) is 2.86. The monoisotopic (exact) mass is 173 g/mol. The quantitative estimate of drug-likeness (QED) is 0.479. The molecular weight excluding hydrogens is 166 g/mol. The van der Waals surface area contributed by atoms with Gasteiger partial charge >= 0.3 is 0 Å². The summed E-state index contributed by atoms with van der Waals surface area (Å²) in [6, 6.07) is 7.20. The van der Waals surface area contributed by atoms with Gasteiger partial charge in [0.05, 0.1) is 0 Å². The number of carbonyl (C=O) groups is 1. The third-order valence-corrected chi connectivity index (χ3v) is 1.97. The summed E-state index contributed by atoms with van der Waals surface area (Å²) in [5.41, 5.74) is 1.52. The number of hydrogen-bond donors (Lipinski definition) is 1. The Kier molecular flexibility index (Phi) is 1.70. The molecule has 0 radical (unpaired) electrons. The van der Waals surface area contributed by atoms with Crippen molar-refractivity contribution in [2.75, 3.05) is 0 Å². The van der Waals surface area contributed by atoms with Crippen molar-refractivity contribution in [3.63, 3.8) is 0 Å². The molecule has 0 saturated heterocycles. The molecule has 0 bridgehead atoms. The van der Waals surface area contributed by atoms with E-state index in [9.17, 15) is 4.79 Å². The molecule has 0 aromatic heterocycles. The number of ketones is 1. The number of nitrogens with zero attached hydrogens (tertiary/aromatic N) is 1. The Labute approximate surface area is 75.0 Å². The SMILES string of the molecule is O=C1C(=NO)C=Cc2ccccc21. The highest BCUT2D eigenvalue weighted by Gasteiger charge is 2.18. The Morgan fingerprint density at radius 1 is 1.15 bits per heavy atom. The molecule has 0 atom stereocenters. The van der Waals surface area contributed by atoms with E-state index >= 15 is 0 Å². The van der Waals surface area contributed by atoms with Gasteiger partial charge in [-0.2, -0.15) is 0 Å². The van der Waals surface area contributed by atoms with E-state index < -0.39 is 0 Å². The Morgan fingerprint density at radius 2 is 1.92 bits per heavy atom. The fraction of sp³-hybridized carbons (Fsp3) is 0. The van der Waals surface area contributed by atoms with Gasteiger partial charge in [0.2, 0.25) is 5.78 Å². The third-order valence-electron chi connectivity index (χ3n) is 1.97. The van der Waals surface area contributed by atoms with Crippen LogP contribution in [0.25, 0.3) is 6.08 Å². The van der Waals surface area contributed by atoms with Crippen LogP contribution in [0.5, 0.6) is 0 Å². The number of Topliss-reactive ketones (excluding diaryl/α,β-unsaturated/α-hetero) is 1. The van der Waals surface area contributed by atoms with Gasteiger partial charge in [0.1, 0.15) is 0 Å². The van der Waals surface area contributed by atoms with Crippen molar-refractivity contribution in [2.45, 2.75) is 0 Å². The fourth-order valence-electron chi connectivity index (χ4n) is 1.31. The lowest BCUT2D eigenvalue weighted by Crippen LogP contribution is -2.16. The van der Waals surface area contributed by atoms with Crippen molar-refractivity contribution in [1.29, 1.82) is 0 Å². The molecule has 2 rings (SSSR count). The molecule has 64 valence electrons. The highest BCUT2D eigenvalue weighted by Crippen LogP contribution is 2.16. The number of fused-ring (bicyclic) bond motifs is 1. The molecule has 3 heteroatoms. The molecule has 0 spiro atoms. The first-order valence-corrected chi connectivity index (χ1v) is 3.87. The first-order valence-electron chi connectivity index (χ1n) is 3.87. The Hall–Kier alpha value is -1.90. The van der Waals surface area contributed by atoms with Crippen LogP contribution in [-0.2, 0) is 0 Å². The van der Waals surface area contributed by atoms with Gasteiger partial charge in [-0.05, 0) is 11.6 Å². The summed E-state index contributed by atoms with van der Waals surface area (Å²) in [4.78, 5) is 11.5. The van der Waals surface area contributed by atoms with Gasteiger partial charge in [-0.25, -0.2) is 0 Å². The van der Waals surface area contributed by atoms with E-state index in [-0.39, 0.29) is 11.5 Å². The topological polar surface area (TPSA) is 49.7 Å². The second-order valence-corrected chi connectivity index (χ2v) is 2.73. The van der Waals surface area contributed by atoms with Crippen molar-refractivity contribution >= 4 is 17.6 Å². The van der Waals surface area contributed by atoms with E-state index in [1.807, 2.05) is 12.1 Å². The van der Waals surface area contributed by atoms with E-state index in [4.69, 9.17) is 5.21 Å². The predicted octanol–water partition coefficient (Wildman–Crippen LogP) is 1.73. The van der Waals surface area contributed by atoms with Crippen LogP contribution in [-0.4, -0.2) is 16.7 Å². The summed E-state index contributed by atoms with van der Waals surface area (Å²) in [7, 11) is 0. The maximum Gasteiger partial charge on any atom is 0.215 e. The van der Waals surface area contributed by atoms with Crippen molar-refractivity contribution in [1.82, 2.24) is 0 Å². The van der Waals surface area contributed by atoms with Crippen LogP contribution in [0.15, 0.2) is 35.5 Å². The zero-order chi connectivity index (χ0) is 9.26. The minimum Gasteiger partial charge on any atom is -0.410 e. The molecule has 1 aliphatic rings. The minimum absolute atomic E-state index is 0.0821. The Balaban J connectivity index is 2.61. The summed E-state index contributed by atoms with van der Waals surface area (Å²) in [6.07, 6.45) is 3.26. The summed E-state index contributed by atoms with van der Waals surface area (Å²) in [6.45, 7) is 0. The van der Waals surface area contributed by atoms with Crippen LogP contribution in [0.1, 0.15) is 15.9 Å². The van der Waals surface area contributed by atoms with Crippen molar-refractivity contribution in [2.24, 2.45) is 5.16 Å². The second-order valence-electron chi connectivity index (χ2n) is 2.73. The predicted molar refractivity (Wildman–Crippen MR) is 49.0 cm³/mol. The summed E-state index contributed by atoms with van der Waals surface area (Å²) in [5.74, 6) is -0.236. The highest BCUT2D eigenvalue weighted by atomic mass is 16.4. The van der Waals surface area contributed by atoms with Crippen LogP contribution in [0.3, 0.4) is 0 Å². The van der Waals surface area contributed by atoms with Crippen molar-refractivity contribution in [3.05, 3.63) is 41.5 Å². The molecule has 1 aromatic carbocycles. The minimum atomic E-state index is -0.236. The molecule has 0 unspecified atom stereocenters. The van der Waals surface area contributed by atoms with Gasteiger partial charge in [0, 0.05) is 5.56 Å². The van der Waals surface area contributed by atoms with Crippen molar-refractivity contribution < 1.29 is 10.0 Å². The summed E-state index contributed by atoms with van der Waals surface area (Å²) in [5, 5.41) is 11.4. The van der Waals surface area contributed by atoms with Gasteiger partial charge in [0.15, 0.2) is 5.71 Å².